The molecule has 0 bridgehead atoms. The standard InChI is InChI=1S/C14H22N2O3/c1-13(2,3)10-6-9(12(17)18)7-11(16-10)15-8-14(4,5)19/h6-7,19H,8H2,1-5H3,(H,15,16)(H,17,18). The Labute approximate surface area is 113 Å². The first kappa shape index (κ1) is 15.4. The van der Waals surface area contributed by atoms with E-state index < -0.39 is 11.6 Å². The lowest BCUT2D eigenvalue weighted by Crippen LogP contribution is -2.30. The fourth-order valence-corrected chi connectivity index (χ4v) is 1.44. The zero-order valence-electron chi connectivity index (χ0n) is 12.1. The number of aromatic nitrogens is 1. The van der Waals surface area contributed by atoms with E-state index in [-0.39, 0.29) is 11.0 Å². The first-order chi connectivity index (χ1) is 8.49. The summed E-state index contributed by atoms with van der Waals surface area (Å²) in [4.78, 5) is 15.5. The molecule has 5 nitrogen and oxygen atoms in total. The van der Waals surface area contributed by atoms with Crippen molar-refractivity contribution in [1.29, 1.82) is 0 Å². The summed E-state index contributed by atoms with van der Waals surface area (Å²) in [5.41, 5.74) is -0.233. The third kappa shape index (κ3) is 4.87. The highest BCUT2D eigenvalue weighted by Gasteiger charge is 2.20. The van der Waals surface area contributed by atoms with Gasteiger partial charge in [-0.05, 0) is 26.0 Å². The molecule has 0 aromatic carbocycles. The molecule has 0 aliphatic heterocycles. The van der Waals surface area contributed by atoms with Crippen LogP contribution in [0.3, 0.4) is 0 Å². The smallest absolute Gasteiger partial charge is 0.335 e. The van der Waals surface area contributed by atoms with Gasteiger partial charge < -0.3 is 15.5 Å². The zero-order chi connectivity index (χ0) is 14.8. The van der Waals surface area contributed by atoms with E-state index in [9.17, 15) is 9.90 Å². The topological polar surface area (TPSA) is 82.5 Å². The maximum absolute atomic E-state index is 11.1. The van der Waals surface area contributed by atoms with E-state index in [1.165, 1.54) is 6.07 Å². The van der Waals surface area contributed by atoms with E-state index in [1.54, 1.807) is 19.9 Å². The largest absolute Gasteiger partial charge is 0.478 e. The summed E-state index contributed by atoms with van der Waals surface area (Å²) in [7, 11) is 0. The van der Waals surface area contributed by atoms with Crippen molar-refractivity contribution >= 4 is 11.8 Å². The second-order valence-electron chi connectivity index (χ2n) is 6.35. The summed E-state index contributed by atoms with van der Waals surface area (Å²) >= 11 is 0. The van der Waals surface area contributed by atoms with Crippen LogP contribution in [0.25, 0.3) is 0 Å². The summed E-state index contributed by atoms with van der Waals surface area (Å²) in [5, 5.41) is 21.8. The maximum atomic E-state index is 11.1. The van der Waals surface area contributed by atoms with Gasteiger partial charge in [-0.25, -0.2) is 9.78 Å². The average molecular weight is 266 g/mol. The summed E-state index contributed by atoms with van der Waals surface area (Å²) in [6.07, 6.45) is 0. The second-order valence-corrected chi connectivity index (χ2v) is 6.35. The van der Waals surface area contributed by atoms with Crippen molar-refractivity contribution in [1.82, 2.24) is 4.98 Å². The first-order valence-corrected chi connectivity index (χ1v) is 6.21. The molecule has 3 N–H and O–H groups in total. The molecule has 106 valence electrons. The van der Waals surface area contributed by atoms with Gasteiger partial charge in [0.25, 0.3) is 0 Å². The Hall–Kier alpha value is -1.62. The van der Waals surface area contributed by atoms with E-state index in [0.717, 1.165) is 0 Å². The molecule has 1 heterocycles. The van der Waals surface area contributed by atoms with Gasteiger partial charge in [0.05, 0.1) is 11.2 Å². The Morgan fingerprint density at radius 1 is 1.26 bits per heavy atom. The number of pyridine rings is 1. The van der Waals surface area contributed by atoms with Crippen molar-refractivity contribution < 1.29 is 15.0 Å². The van der Waals surface area contributed by atoms with Crippen LogP contribution >= 0.6 is 0 Å². The van der Waals surface area contributed by atoms with Gasteiger partial charge in [-0.3, -0.25) is 0 Å². The molecule has 0 unspecified atom stereocenters. The Balaban J connectivity index is 3.11. The number of carbonyl (C=O) groups is 1. The molecule has 0 amide bonds. The van der Waals surface area contributed by atoms with Crippen molar-refractivity contribution in [3.63, 3.8) is 0 Å². The van der Waals surface area contributed by atoms with E-state index in [0.29, 0.717) is 18.1 Å². The monoisotopic (exact) mass is 266 g/mol. The Morgan fingerprint density at radius 3 is 2.26 bits per heavy atom. The van der Waals surface area contributed by atoms with Crippen molar-refractivity contribution in [3.05, 3.63) is 23.4 Å². The van der Waals surface area contributed by atoms with E-state index in [1.807, 2.05) is 20.8 Å². The number of nitrogens with one attached hydrogen (secondary N) is 1. The van der Waals surface area contributed by atoms with Gasteiger partial charge in [0.1, 0.15) is 5.82 Å². The van der Waals surface area contributed by atoms with Crippen LogP contribution in [0, 0.1) is 0 Å². The number of hydrogen-bond acceptors (Lipinski definition) is 4. The molecule has 1 rings (SSSR count). The lowest BCUT2D eigenvalue weighted by molar-refractivity contribution is 0.0696. The third-order valence-electron chi connectivity index (χ3n) is 2.54. The van der Waals surface area contributed by atoms with Crippen LogP contribution in [0.15, 0.2) is 12.1 Å². The number of rotatable bonds is 4. The van der Waals surface area contributed by atoms with Gasteiger partial charge >= 0.3 is 5.97 Å². The average Bonchev–Trinajstić information content (AvgIpc) is 2.23. The number of nitrogens with zero attached hydrogens (tertiary/aromatic N) is 1. The molecule has 5 heteroatoms. The van der Waals surface area contributed by atoms with Crippen LogP contribution in [-0.4, -0.2) is 33.3 Å². The molecule has 0 aliphatic rings. The SMILES string of the molecule is CC(C)(O)CNc1cc(C(=O)O)cc(C(C)(C)C)n1. The molecule has 19 heavy (non-hydrogen) atoms. The van der Waals surface area contributed by atoms with Crippen molar-refractivity contribution in [3.8, 4) is 0 Å². The predicted molar refractivity (Wildman–Crippen MR) is 74.7 cm³/mol. The quantitative estimate of drug-likeness (QED) is 0.778. The van der Waals surface area contributed by atoms with Crippen LogP contribution in [0.5, 0.6) is 0 Å². The van der Waals surface area contributed by atoms with Gasteiger partial charge in [-0.1, -0.05) is 20.8 Å². The molecule has 0 saturated heterocycles. The summed E-state index contributed by atoms with van der Waals surface area (Å²) in [6.45, 7) is 9.56. The third-order valence-corrected chi connectivity index (χ3v) is 2.54. The number of aromatic carboxylic acids is 1. The highest BCUT2D eigenvalue weighted by atomic mass is 16.4. The summed E-state index contributed by atoms with van der Waals surface area (Å²) in [6, 6.07) is 3.06. The molecule has 1 aromatic heterocycles. The van der Waals surface area contributed by atoms with E-state index >= 15 is 0 Å². The molecule has 0 fully saturated rings. The summed E-state index contributed by atoms with van der Waals surface area (Å²) in [5.74, 6) is -0.522. The van der Waals surface area contributed by atoms with Crippen LogP contribution in [0.4, 0.5) is 5.82 Å². The molecular formula is C14H22N2O3. The van der Waals surface area contributed by atoms with E-state index in [2.05, 4.69) is 10.3 Å². The summed E-state index contributed by atoms with van der Waals surface area (Å²) < 4.78 is 0. The number of carboxylic acid groups (broad SMARTS) is 1. The van der Waals surface area contributed by atoms with Gasteiger partial charge in [0, 0.05) is 17.7 Å². The highest BCUT2D eigenvalue weighted by Crippen LogP contribution is 2.23. The Bertz CT molecular complexity index is 471. The molecule has 0 radical (unpaired) electrons. The second kappa shape index (κ2) is 5.17. The van der Waals surface area contributed by atoms with Gasteiger partial charge in [-0.15, -0.1) is 0 Å². The lowest BCUT2D eigenvalue weighted by atomic mass is 9.90. The lowest BCUT2D eigenvalue weighted by Gasteiger charge is -2.22. The fraction of sp³-hybridized carbons (Fsp3) is 0.571. The van der Waals surface area contributed by atoms with Crippen molar-refractivity contribution in [2.24, 2.45) is 0 Å². The minimum Gasteiger partial charge on any atom is -0.478 e. The molecule has 0 spiro atoms. The Morgan fingerprint density at radius 2 is 1.84 bits per heavy atom. The van der Waals surface area contributed by atoms with E-state index in [4.69, 9.17) is 5.11 Å². The number of hydrogen-bond donors (Lipinski definition) is 3. The van der Waals surface area contributed by atoms with Crippen LogP contribution < -0.4 is 5.32 Å². The number of carboxylic acids is 1. The van der Waals surface area contributed by atoms with Crippen molar-refractivity contribution in [2.75, 3.05) is 11.9 Å². The fourth-order valence-electron chi connectivity index (χ4n) is 1.44. The number of anilines is 1. The van der Waals surface area contributed by atoms with Crippen molar-refractivity contribution in [2.45, 2.75) is 45.6 Å². The first-order valence-electron chi connectivity index (χ1n) is 6.21. The van der Waals surface area contributed by atoms with Crippen LogP contribution in [-0.2, 0) is 5.41 Å². The minimum absolute atomic E-state index is 0.193. The predicted octanol–water partition coefficient (Wildman–Crippen LogP) is 2.26. The molecular weight excluding hydrogens is 244 g/mol. The van der Waals surface area contributed by atoms with Gasteiger partial charge in [-0.2, -0.15) is 0 Å². The van der Waals surface area contributed by atoms with Crippen LogP contribution in [0.1, 0.15) is 50.7 Å². The van der Waals surface area contributed by atoms with Gasteiger partial charge in [0.2, 0.25) is 0 Å². The minimum atomic E-state index is -0.987. The van der Waals surface area contributed by atoms with Gasteiger partial charge in [0.15, 0.2) is 0 Å². The molecule has 0 atom stereocenters. The zero-order valence-corrected chi connectivity index (χ0v) is 12.1. The van der Waals surface area contributed by atoms with Crippen LogP contribution in [0.2, 0.25) is 0 Å². The number of aliphatic hydroxyl groups is 1. The normalized spacial score (nSPS) is 12.3. The molecule has 0 aliphatic carbocycles. The molecule has 0 saturated carbocycles. The maximum Gasteiger partial charge on any atom is 0.335 e. The highest BCUT2D eigenvalue weighted by molar-refractivity contribution is 5.88. The Kier molecular flexibility index (Phi) is 4.20. The molecule has 1 aromatic rings.